The van der Waals surface area contributed by atoms with Gasteiger partial charge in [-0.25, -0.2) is 0 Å². The van der Waals surface area contributed by atoms with Crippen LogP contribution in [0.1, 0.15) is 19.4 Å². The van der Waals surface area contributed by atoms with E-state index in [1.54, 1.807) is 51.5 Å². The third-order valence-electron chi connectivity index (χ3n) is 3.67. The second kappa shape index (κ2) is 10.6. The minimum absolute atomic E-state index is 0.0434. The molecule has 0 fully saturated rings. The fourth-order valence-corrected chi connectivity index (χ4v) is 2.95. The molecule has 2 aromatic rings. The number of thioether (sulfide) groups is 1. The van der Waals surface area contributed by atoms with Crippen LogP contribution in [0.5, 0.6) is 11.5 Å². The number of methoxy groups -OCH3 is 1. The molecule has 0 aromatic heterocycles. The van der Waals surface area contributed by atoms with E-state index in [2.05, 4.69) is 5.32 Å². The molecule has 0 saturated heterocycles. The molecule has 0 atom stereocenters. The molecule has 2 amide bonds. The molecule has 0 aliphatic heterocycles. The molecule has 0 unspecified atom stereocenters. The Morgan fingerprint density at radius 3 is 2.34 bits per heavy atom. The van der Waals surface area contributed by atoms with E-state index in [-0.39, 0.29) is 17.3 Å². The van der Waals surface area contributed by atoms with E-state index < -0.39 is 0 Å². The van der Waals surface area contributed by atoms with Crippen molar-refractivity contribution in [2.75, 3.05) is 26.5 Å². The Kier molecular flexibility index (Phi) is 8.15. The molecule has 1 N–H and O–H groups in total. The first-order valence-corrected chi connectivity index (χ1v) is 9.93. The number of rotatable bonds is 7. The van der Waals surface area contributed by atoms with E-state index in [0.717, 1.165) is 22.2 Å². The number of ether oxygens (including phenoxy) is 2. The Morgan fingerprint density at radius 2 is 1.76 bits per heavy atom. The van der Waals surface area contributed by atoms with Crippen LogP contribution in [0.4, 0.5) is 10.5 Å². The number of benzene rings is 2. The number of anilines is 1. The molecule has 7 heteroatoms. The first-order chi connectivity index (χ1) is 13.8. The molecule has 154 valence electrons. The maximum atomic E-state index is 12.2. The Balaban J connectivity index is 1.98. The predicted molar refractivity (Wildman–Crippen MR) is 118 cm³/mol. The number of nitrogens with one attached hydrogen (secondary N) is 1. The van der Waals surface area contributed by atoms with Gasteiger partial charge in [-0.05, 0) is 73.6 Å². The molecule has 2 aromatic carbocycles. The molecule has 0 saturated carbocycles. The van der Waals surface area contributed by atoms with Crippen molar-refractivity contribution in [1.29, 1.82) is 0 Å². The maximum Gasteiger partial charge on any atom is 0.285 e. The summed E-state index contributed by atoms with van der Waals surface area (Å²) in [4.78, 5) is 26.2. The average molecular weight is 415 g/mol. The van der Waals surface area contributed by atoms with Gasteiger partial charge in [0, 0.05) is 30.8 Å². The number of carbonyl (C=O) groups is 2. The lowest BCUT2D eigenvalue weighted by Crippen LogP contribution is -2.16. The number of hydrogen-bond acceptors (Lipinski definition) is 5. The van der Waals surface area contributed by atoms with Crippen molar-refractivity contribution in [3.63, 3.8) is 0 Å². The highest BCUT2D eigenvalue weighted by molar-refractivity contribution is 8.13. The Labute approximate surface area is 175 Å². The van der Waals surface area contributed by atoms with Crippen LogP contribution in [0.15, 0.2) is 53.4 Å². The highest BCUT2D eigenvalue weighted by Crippen LogP contribution is 2.29. The normalized spacial score (nSPS) is 10.8. The molecular weight excluding hydrogens is 388 g/mol. The van der Waals surface area contributed by atoms with E-state index in [9.17, 15) is 9.59 Å². The van der Waals surface area contributed by atoms with Crippen molar-refractivity contribution in [2.24, 2.45) is 0 Å². The summed E-state index contributed by atoms with van der Waals surface area (Å²) in [5.41, 5.74) is 1.47. The van der Waals surface area contributed by atoms with E-state index in [4.69, 9.17) is 9.47 Å². The van der Waals surface area contributed by atoms with E-state index in [1.807, 2.05) is 32.0 Å². The third kappa shape index (κ3) is 7.19. The molecule has 0 aliphatic rings. The molecule has 6 nitrogen and oxygen atoms in total. The van der Waals surface area contributed by atoms with Gasteiger partial charge in [-0.1, -0.05) is 6.07 Å². The lowest BCUT2D eigenvalue weighted by molar-refractivity contribution is -0.111. The van der Waals surface area contributed by atoms with Crippen LogP contribution in [-0.4, -0.2) is 43.4 Å². The van der Waals surface area contributed by atoms with Crippen molar-refractivity contribution >= 4 is 34.7 Å². The lowest BCUT2D eigenvalue weighted by atomic mass is 10.2. The summed E-state index contributed by atoms with van der Waals surface area (Å²) in [6.07, 6.45) is 3.20. The summed E-state index contributed by atoms with van der Waals surface area (Å²) in [7, 11) is 4.99. The fraction of sp³-hybridized carbons (Fsp3) is 0.273. The Morgan fingerprint density at radius 1 is 1.07 bits per heavy atom. The first-order valence-electron chi connectivity index (χ1n) is 9.11. The lowest BCUT2D eigenvalue weighted by Gasteiger charge is -2.13. The van der Waals surface area contributed by atoms with Crippen LogP contribution in [0.2, 0.25) is 0 Å². The van der Waals surface area contributed by atoms with Crippen molar-refractivity contribution < 1.29 is 19.1 Å². The largest absolute Gasteiger partial charge is 0.493 e. The fourth-order valence-electron chi connectivity index (χ4n) is 2.29. The Hall–Kier alpha value is -2.93. The van der Waals surface area contributed by atoms with Crippen molar-refractivity contribution in [2.45, 2.75) is 24.8 Å². The van der Waals surface area contributed by atoms with Crippen LogP contribution in [-0.2, 0) is 4.79 Å². The number of hydrogen-bond donors (Lipinski definition) is 1. The van der Waals surface area contributed by atoms with Crippen LogP contribution in [0.3, 0.4) is 0 Å². The average Bonchev–Trinajstić information content (AvgIpc) is 2.68. The minimum Gasteiger partial charge on any atom is -0.493 e. The van der Waals surface area contributed by atoms with Gasteiger partial charge >= 0.3 is 0 Å². The van der Waals surface area contributed by atoms with Gasteiger partial charge in [0.25, 0.3) is 5.24 Å². The highest BCUT2D eigenvalue weighted by Gasteiger charge is 2.08. The van der Waals surface area contributed by atoms with E-state index >= 15 is 0 Å². The van der Waals surface area contributed by atoms with Gasteiger partial charge in [-0.2, -0.15) is 0 Å². The highest BCUT2D eigenvalue weighted by atomic mass is 32.2. The zero-order valence-corrected chi connectivity index (χ0v) is 18.1. The van der Waals surface area contributed by atoms with Crippen LogP contribution >= 0.6 is 11.8 Å². The van der Waals surface area contributed by atoms with Crippen LogP contribution < -0.4 is 14.8 Å². The zero-order chi connectivity index (χ0) is 21.4. The van der Waals surface area contributed by atoms with Crippen molar-refractivity contribution in [3.05, 3.63) is 54.1 Å². The predicted octanol–water partition coefficient (Wildman–Crippen LogP) is 4.91. The topological polar surface area (TPSA) is 67.9 Å². The summed E-state index contributed by atoms with van der Waals surface area (Å²) >= 11 is 1.13. The monoisotopic (exact) mass is 414 g/mol. The van der Waals surface area contributed by atoms with Gasteiger partial charge in [0.05, 0.1) is 13.2 Å². The van der Waals surface area contributed by atoms with Gasteiger partial charge in [0.1, 0.15) is 0 Å². The first kappa shape index (κ1) is 22.4. The molecule has 0 spiro atoms. The number of nitrogens with zero attached hydrogens (tertiary/aromatic N) is 1. The third-order valence-corrected chi connectivity index (χ3v) is 4.72. The smallest absolute Gasteiger partial charge is 0.285 e. The molecule has 29 heavy (non-hydrogen) atoms. The van der Waals surface area contributed by atoms with Crippen molar-refractivity contribution in [1.82, 2.24) is 4.90 Å². The molecule has 0 aliphatic carbocycles. The molecular formula is C22H26N2O4S. The quantitative estimate of drug-likeness (QED) is 0.515. The molecule has 0 bridgehead atoms. The van der Waals surface area contributed by atoms with Crippen LogP contribution in [0.25, 0.3) is 6.08 Å². The summed E-state index contributed by atoms with van der Waals surface area (Å²) in [6.45, 7) is 3.89. The standard InChI is InChI=1S/C22H26N2O4S/c1-15(2)28-19-12-6-16(14-20(19)27-5)7-13-21(25)23-17-8-10-18(11-9-17)29-22(26)24(3)4/h6-15H,1-5H3,(H,23,25)/b13-7+. The second-order valence-electron chi connectivity index (χ2n) is 6.69. The maximum absolute atomic E-state index is 12.2. The van der Waals surface area contributed by atoms with Crippen molar-refractivity contribution in [3.8, 4) is 11.5 Å². The van der Waals surface area contributed by atoms with Gasteiger partial charge in [-0.15, -0.1) is 0 Å². The summed E-state index contributed by atoms with van der Waals surface area (Å²) in [5, 5.41) is 2.74. The zero-order valence-electron chi connectivity index (χ0n) is 17.3. The summed E-state index contributed by atoms with van der Waals surface area (Å²) < 4.78 is 11.0. The number of amides is 2. The molecule has 0 heterocycles. The van der Waals surface area contributed by atoms with Gasteiger partial charge in [-0.3, -0.25) is 9.59 Å². The van der Waals surface area contributed by atoms with Gasteiger partial charge in [0.2, 0.25) is 5.91 Å². The second-order valence-corrected chi connectivity index (χ2v) is 7.71. The van der Waals surface area contributed by atoms with E-state index in [0.29, 0.717) is 17.2 Å². The van der Waals surface area contributed by atoms with E-state index in [1.165, 1.54) is 11.0 Å². The van der Waals surface area contributed by atoms with Gasteiger partial charge < -0.3 is 19.7 Å². The number of carbonyl (C=O) groups excluding carboxylic acids is 2. The minimum atomic E-state index is -0.253. The summed E-state index contributed by atoms with van der Waals surface area (Å²) in [5.74, 6) is 1.02. The molecule has 0 radical (unpaired) electrons. The van der Waals surface area contributed by atoms with Gasteiger partial charge in [0.15, 0.2) is 11.5 Å². The van der Waals surface area contributed by atoms with Crippen LogP contribution in [0, 0.1) is 0 Å². The SMILES string of the molecule is COc1cc(/C=C/C(=O)Nc2ccc(SC(=O)N(C)C)cc2)ccc1OC(C)C. The molecule has 2 rings (SSSR count). The summed E-state index contributed by atoms with van der Waals surface area (Å²) in [6, 6.07) is 12.6. The Bertz CT molecular complexity index is 877.